The van der Waals surface area contributed by atoms with E-state index in [1.165, 1.54) is 29.8 Å². The van der Waals surface area contributed by atoms with Crippen LogP contribution in [-0.4, -0.2) is 28.4 Å². The zero-order chi connectivity index (χ0) is 20.4. The predicted molar refractivity (Wildman–Crippen MR) is 111 cm³/mol. The summed E-state index contributed by atoms with van der Waals surface area (Å²) < 4.78 is 13.0. The lowest BCUT2D eigenvalue weighted by atomic mass is 10.00. The Kier molecular flexibility index (Phi) is 5.26. The highest BCUT2D eigenvalue weighted by atomic mass is 32.1. The summed E-state index contributed by atoms with van der Waals surface area (Å²) >= 11 is 1.15. The van der Waals surface area contributed by atoms with Gasteiger partial charge in [0.15, 0.2) is 5.13 Å². The van der Waals surface area contributed by atoms with Crippen LogP contribution in [0.1, 0.15) is 26.5 Å². The van der Waals surface area contributed by atoms with Crippen molar-refractivity contribution in [2.24, 2.45) is 0 Å². The fourth-order valence-electron chi connectivity index (χ4n) is 3.25. The number of benzene rings is 2. The van der Waals surface area contributed by atoms with Crippen LogP contribution >= 0.6 is 11.3 Å². The summed E-state index contributed by atoms with van der Waals surface area (Å²) in [7, 11) is 0. The van der Waals surface area contributed by atoms with Crippen LogP contribution in [0.15, 0.2) is 48.5 Å². The van der Waals surface area contributed by atoms with Crippen LogP contribution in [-0.2, 0) is 13.0 Å². The van der Waals surface area contributed by atoms with Gasteiger partial charge in [-0.1, -0.05) is 35.6 Å². The van der Waals surface area contributed by atoms with Crippen LogP contribution in [0.2, 0.25) is 0 Å². The van der Waals surface area contributed by atoms with Crippen molar-refractivity contribution in [3.63, 3.8) is 0 Å². The Morgan fingerprint density at radius 2 is 1.79 bits per heavy atom. The number of aromatic nitrogens is 1. The molecular formula is C21H19FN4O2S. The molecule has 2 N–H and O–H groups in total. The molecule has 3 aromatic rings. The van der Waals surface area contributed by atoms with Crippen LogP contribution < -0.4 is 10.6 Å². The van der Waals surface area contributed by atoms with Gasteiger partial charge < -0.3 is 10.2 Å². The topological polar surface area (TPSA) is 74.3 Å². The number of halogens is 1. The third-order valence-electron chi connectivity index (χ3n) is 4.73. The molecule has 0 unspecified atom stereocenters. The Hall–Kier alpha value is -3.26. The maximum atomic E-state index is 13.0. The highest BCUT2D eigenvalue weighted by Crippen LogP contribution is 2.27. The SMILES string of the molecule is Cc1nc(NC(=O)Nc2ccc(F)cc2)sc1C(=O)N1CCc2ccccc2C1. The minimum absolute atomic E-state index is 0.0819. The summed E-state index contributed by atoms with van der Waals surface area (Å²) in [4.78, 5) is 31.8. The van der Waals surface area contributed by atoms with E-state index >= 15 is 0 Å². The number of hydrogen-bond donors (Lipinski definition) is 2. The molecule has 0 atom stereocenters. The first-order chi connectivity index (χ1) is 14.0. The summed E-state index contributed by atoms with van der Waals surface area (Å²) in [6.07, 6.45) is 0.824. The molecule has 0 fully saturated rings. The number of nitrogens with one attached hydrogen (secondary N) is 2. The van der Waals surface area contributed by atoms with Crippen molar-refractivity contribution in [3.8, 4) is 0 Å². The molecule has 6 nitrogen and oxygen atoms in total. The average Bonchev–Trinajstić information content (AvgIpc) is 3.08. The van der Waals surface area contributed by atoms with Crippen molar-refractivity contribution in [1.82, 2.24) is 9.88 Å². The first-order valence-electron chi connectivity index (χ1n) is 9.16. The number of amides is 3. The molecule has 8 heteroatoms. The molecule has 2 aromatic carbocycles. The normalized spacial score (nSPS) is 13.0. The van der Waals surface area contributed by atoms with Crippen molar-refractivity contribution in [3.05, 3.63) is 76.0 Å². The minimum atomic E-state index is -0.503. The Morgan fingerprint density at radius 1 is 1.07 bits per heavy atom. The van der Waals surface area contributed by atoms with E-state index in [0.29, 0.717) is 34.5 Å². The van der Waals surface area contributed by atoms with Gasteiger partial charge in [-0.25, -0.2) is 14.2 Å². The summed E-state index contributed by atoms with van der Waals surface area (Å²) in [5.74, 6) is -0.462. The molecule has 0 saturated heterocycles. The van der Waals surface area contributed by atoms with E-state index in [9.17, 15) is 14.0 Å². The lowest BCUT2D eigenvalue weighted by molar-refractivity contribution is 0.0738. The van der Waals surface area contributed by atoms with Crippen molar-refractivity contribution >= 4 is 34.1 Å². The second kappa shape index (κ2) is 8.00. The van der Waals surface area contributed by atoms with Crippen LogP contribution in [0.4, 0.5) is 20.0 Å². The van der Waals surface area contributed by atoms with Gasteiger partial charge in [-0.15, -0.1) is 0 Å². The van der Waals surface area contributed by atoms with Crippen LogP contribution in [0, 0.1) is 12.7 Å². The molecule has 4 rings (SSSR count). The van der Waals surface area contributed by atoms with Crippen LogP contribution in [0.3, 0.4) is 0 Å². The van der Waals surface area contributed by atoms with Gasteiger partial charge in [0.2, 0.25) is 0 Å². The molecule has 3 amide bonds. The quantitative estimate of drug-likeness (QED) is 0.671. The first kappa shape index (κ1) is 19.1. The molecule has 1 aliphatic rings. The number of carbonyl (C=O) groups is 2. The number of anilines is 2. The van der Waals surface area contributed by atoms with E-state index in [0.717, 1.165) is 23.3 Å². The molecule has 0 saturated carbocycles. The Labute approximate surface area is 171 Å². The monoisotopic (exact) mass is 410 g/mol. The van der Waals surface area contributed by atoms with Crippen molar-refractivity contribution < 1.29 is 14.0 Å². The van der Waals surface area contributed by atoms with Crippen LogP contribution in [0.5, 0.6) is 0 Å². The van der Waals surface area contributed by atoms with Gasteiger partial charge in [0.1, 0.15) is 10.7 Å². The van der Waals surface area contributed by atoms with E-state index in [4.69, 9.17) is 0 Å². The van der Waals surface area contributed by atoms with Crippen molar-refractivity contribution in [2.75, 3.05) is 17.2 Å². The number of nitrogens with zero attached hydrogens (tertiary/aromatic N) is 2. The third kappa shape index (κ3) is 4.27. The minimum Gasteiger partial charge on any atom is -0.333 e. The fourth-order valence-corrected chi connectivity index (χ4v) is 4.18. The first-order valence-corrected chi connectivity index (χ1v) is 9.98. The largest absolute Gasteiger partial charge is 0.333 e. The molecule has 1 aromatic heterocycles. The zero-order valence-electron chi connectivity index (χ0n) is 15.7. The summed E-state index contributed by atoms with van der Waals surface area (Å²) in [6, 6.07) is 13.1. The van der Waals surface area contributed by atoms with Gasteiger partial charge in [-0.3, -0.25) is 10.1 Å². The van der Waals surface area contributed by atoms with Crippen molar-refractivity contribution in [1.29, 1.82) is 0 Å². The Morgan fingerprint density at radius 3 is 2.55 bits per heavy atom. The van der Waals surface area contributed by atoms with Gasteiger partial charge in [0.05, 0.1) is 5.69 Å². The number of aryl methyl sites for hydroxylation is 1. The molecular weight excluding hydrogens is 391 g/mol. The predicted octanol–water partition coefficient (Wildman–Crippen LogP) is 4.43. The van der Waals surface area contributed by atoms with Gasteiger partial charge in [-0.05, 0) is 48.7 Å². The summed E-state index contributed by atoms with van der Waals surface area (Å²) in [6.45, 7) is 2.98. The Bertz CT molecular complexity index is 1060. The molecule has 0 spiro atoms. The summed E-state index contributed by atoms with van der Waals surface area (Å²) in [5, 5.41) is 5.57. The smallest absolute Gasteiger partial charge is 0.325 e. The van der Waals surface area contributed by atoms with E-state index in [1.54, 1.807) is 6.92 Å². The molecule has 29 heavy (non-hydrogen) atoms. The fraction of sp³-hybridized carbons (Fsp3) is 0.190. The number of rotatable bonds is 3. The van der Waals surface area contributed by atoms with E-state index in [1.807, 2.05) is 23.1 Å². The number of hydrogen-bond acceptors (Lipinski definition) is 4. The van der Waals surface area contributed by atoms with E-state index in [2.05, 4.69) is 21.7 Å². The van der Waals surface area contributed by atoms with Gasteiger partial charge in [-0.2, -0.15) is 0 Å². The average molecular weight is 410 g/mol. The number of urea groups is 1. The Balaban J connectivity index is 1.43. The van der Waals surface area contributed by atoms with Gasteiger partial charge >= 0.3 is 6.03 Å². The zero-order valence-corrected chi connectivity index (χ0v) is 16.6. The van der Waals surface area contributed by atoms with E-state index in [-0.39, 0.29) is 11.7 Å². The lowest BCUT2D eigenvalue weighted by Crippen LogP contribution is -2.35. The molecule has 0 aliphatic carbocycles. The maximum absolute atomic E-state index is 13.0. The highest BCUT2D eigenvalue weighted by molar-refractivity contribution is 7.17. The van der Waals surface area contributed by atoms with Gasteiger partial charge in [0.25, 0.3) is 5.91 Å². The molecule has 0 bridgehead atoms. The standard InChI is InChI=1S/C21H19FN4O2S/c1-13-18(19(27)26-11-10-14-4-2-3-5-15(14)12-26)29-21(23-13)25-20(28)24-17-8-6-16(22)7-9-17/h2-9H,10-12H2,1H3,(H2,23,24,25,28). The number of carbonyl (C=O) groups excluding carboxylic acids is 2. The molecule has 1 aliphatic heterocycles. The third-order valence-corrected chi connectivity index (χ3v) is 5.79. The second-order valence-electron chi connectivity index (χ2n) is 6.76. The number of thiazole rings is 1. The summed E-state index contributed by atoms with van der Waals surface area (Å²) in [5.41, 5.74) is 3.47. The van der Waals surface area contributed by atoms with Gasteiger partial charge in [0, 0.05) is 18.8 Å². The molecule has 148 valence electrons. The molecule has 2 heterocycles. The highest BCUT2D eigenvalue weighted by Gasteiger charge is 2.25. The molecule has 0 radical (unpaired) electrons. The lowest BCUT2D eigenvalue weighted by Gasteiger charge is -2.28. The number of fused-ring (bicyclic) bond motifs is 1. The van der Waals surface area contributed by atoms with Crippen molar-refractivity contribution in [2.45, 2.75) is 19.9 Å². The second-order valence-corrected chi connectivity index (χ2v) is 7.76. The maximum Gasteiger partial charge on any atom is 0.325 e. The van der Waals surface area contributed by atoms with Crippen LogP contribution in [0.25, 0.3) is 0 Å². The van der Waals surface area contributed by atoms with E-state index < -0.39 is 6.03 Å².